The Morgan fingerprint density at radius 3 is 2.50 bits per heavy atom. The molecule has 0 aromatic heterocycles. The van der Waals surface area contributed by atoms with Gasteiger partial charge in [0, 0.05) is 11.7 Å². The molecule has 1 saturated carbocycles. The molecule has 0 unspecified atom stereocenters. The van der Waals surface area contributed by atoms with E-state index in [1.54, 1.807) is 18.2 Å². The van der Waals surface area contributed by atoms with Crippen molar-refractivity contribution in [1.29, 1.82) is 0 Å². The third kappa shape index (κ3) is 4.18. The number of nitrogens with zero attached hydrogens (tertiary/aromatic N) is 1. The first-order valence-corrected chi connectivity index (χ1v) is 9.04. The lowest BCUT2D eigenvalue weighted by molar-refractivity contribution is -0.133. The molecule has 0 saturated heterocycles. The summed E-state index contributed by atoms with van der Waals surface area (Å²) in [7, 11) is 3.03. The fourth-order valence-corrected chi connectivity index (χ4v) is 3.21. The van der Waals surface area contributed by atoms with E-state index in [1.165, 1.54) is 20.6 Å². The topological polar surface area (TPSA) is 65.1 Å². The zero-order valence-electron chi connectivity index (χ0n) is 15.3. The highest BCUT2D eigenvalue weighted by Gasteiger charge is 2.35. The maximum Gasteiger partial charge on any atom is 0.338 e. The van der Waals surface area contributed by atoms with E-state index in [4.69, 9.17) is 14.2 Å². The van der Waals surface area contributed by atoms with Crippen LogP contribution in [0.3, 0.4) is 0 Å². The summed E-state index contributed by atoms with van der Waals surface area (Å²) in [6.07, 6.45) is 8.40. The molecule has 26 heavy (non-hydrogen) atoms. The van der Waals surface area contributed by atoms with Crippen LogP contribution in [-0.4, -0.2) is 43.6 Å². The smallest absolute Gasteiger partial charge is 0.338 e. The van der Waals surface area contributed by atoms with Crippen LogP contribution in [0.15, 0.2) is 30.0 Å². The van der Waals surface area contributed by atoms with Gasteiger partial charge in [0.05, 0.1) is 19.8 Å². The van der Waals surface area contributed by atoms with Crippen LogP contribution in [0.5, 0.6) is 11.5 Å². The van der Waals surface area contributed by atoms with Gasteiger partial charge in [-0.15, -0.1) is 0 Å². The Kier molecular flexibility index (Phi) is 5.81. The number of amides is 1. The molecule has 3 rings (SSSR count). The Labute approximate surface area is 153 Å². The Morgan fingerprint density at radius 2 is 1.88 bits per heavy atom. The van der Waals surface area contributed by atoms with Crippen molar-refractivity contribution in [1.82, 2.24) is 4.90 Å². The van der Waals surface area contributed by atoms with Crippen molar-refractivity contribution in [3.8, 4) is 11.5 Å². The van der Waals surface area contributed by atoms with Gasteiger partial charge in [0.15, 0.2) is 18.1 Å². The van der Waals surface area contributed by atoms with Crippen molar-refractivity contribution in [3.63, 3.8) is 0 Å². The molecule has 6 heteroatoms. The summed E-state index contributed by atoms with van der Waals surface area (Å²) >= 11 is 0. The first kappa shape index (κ1) is 18.3. The highest BCUT2D eigenvalue weighted by atomic mass is 16.5. The van der Waals surface area contributed by atoms with Gasteiger partial charge in [0.25, 0.3) is 5.91 Å². The Hall–Kier alpha value is -2.50. The molecule has 2 aliphatic carbocycles. The molecule has 0 spiro atoms. The molecule has 1 amide bonds. The first-order chi connectivity index (χ1) is 12.6. The SMILES string of the molecule is COc1ccc(C(=O)OCC(=O)N(C2=CCCCC2)C2CC2)cc1OC. The number of hydrogen-bond donors (Lipinski definition) is 0. The molecule has 0 heterocycles. The molecule has 0 atom stereocenters. The van der Waals surface area contributed by atoms with Gasteiger partial charge in [-0.05, 0) is 56.7 Å². The molecule has 0 aliphatic heterocycles. The second-order valence-electron chi connectivity index (χ2n) is 6.58. The van der Waals surface area contributed by atoms with Crippen LogP contribution >= 0.6 is 0 Å². The number of esters is 1. The van der Waals surface area contributed by atoms with Crippen LogP contribution in [0.4, 0.5) is 0 Å². The van der Waals surface area contributed by atoms with Crippen LogP contribution in [0, 0.1) is 0 Å². The molecule has 1 fully saturated rings. The first-order valence-electron chi connectivity index (χ1n) is 9.04. The predicted octanol–water partition coefficient (Wildman–Crippen LogP) is 3.31. The summed E-state index contributed by atoms with van der Waals surface area (Å²) in [4.78, 5) is 26.8. The van der Waals surface area contributed by atoms with Gasteiger partial charge in [0.1, 0.15) is 0 Å². The monoisotopic (exact) mass is 359 g/mol. The van der Waals surface area contributed by atoms with E-state index in [9.17, 15) is 9.59 Å². The molecule has 0 N–H and O–H groups in total. The normalized spacial score (nSPS) is 16.5. The van der Waals surface area contributed by atoms with Crippen molar-refractivity contribution in [2.24, 2.45) is 0 Å². The van der Waals surface area contributed by atoms with Crippen molar-refractivity contribution < 1.29 is 23.8 Å². The Bertz CT molecular complexity index is 708. The minimum Gasteiger partial charge on any atom is -0.493 e. The van der Waals surface area contributed by atoms with Crippen LogP contribution < -0.4 is 9.47 Å². The second-order valence-corrected chi connectivity index (χ2v) is 6.58. The predicted molar refractivity (Wildman–Crippen MR) is 96.2 cm³/mol. The Morgan fingerprint density at radius 1 is 1.12 bits per heavy atom. The molecule has 2 aliphatic rings. The number of rotatable bonds is 7. The van der Waals surface area contributed by atoms with E-state index in [0.717, 1.165) is 37.8 Å². The summed E-state index contributed by atoms with van der Waals surface area (Å²) in [5, 5.41) is 0. The molecule has 0 radical (unpaired) electrons. The molecular formula is C20H25NO5. The second kappa shape index (κ2) is 8.25. The molecule has 140 valence electrons. The average Bonchev–Trinajstić information content (AvgIpc) is 3.51. The van der Waals surface area contributed by atoms with Gasteiger partial charge >= 0.3 is 5.97 Å². The van der Waals surface area contributed by atoms with Crippen LogP contribution in [-0.2, 0) is 9.53 Å². The maximum absolute atomic E-state index is 12.6. The minimum atomic E-state index is -0.548. The lowest BCUT2D eigenvalue weighted by Gasteiger charge is -2.27. The van der Waals surface area contributed by atoms with Gasteiger partial charge in [-0.25, -0.2) is 4.79 Å². The van der Waals surface area contributed by atoms with E-state index < -0.39 is 5.97 Å². The molecule has 1 aromatic carbocycles. The Balaban J connectivity index is 1.63. The van der Waals surface area contributed by atoms with Gasteiger partial charge < -0.3 is 19.1 Å². The third-order valence-corrected chi connectivity index (χ3v) is 4.70. The highest BCUT2D eigenvalue weighted by molar-refractivity contribution is 5.92. The fraction of sp³-hybridized carbons (Fsp3) is 0.500. The standard InChI is InChI=1S/C20H25NO5/c1-24-17-11-8-14(12-18(17)25-2)20(23)26-13-19(22)21(16-9-10-16)15-6-4-3-5-7-15/h6,8,11-12,16H,3-5,7,9-10,13H2,1-2H3. The van der Waals surface area contributed by atoms with Gasteiger partial charge in [0.2, 0.25) is 0 Å². The summed E-state index contributed by atoms with van der Waals surface area (Å²) in [5.41, 5.74) is 1.41. The van der Waals surface area contributed by atoms with E-state index in [-0.39, 0.29) is 18.6 Å². The lowest BCUT2D eigenvalue weighted by atomic mass is 10.0. The number of hydrogen-bond acceptors (Lipinski definition) is 5. The maximum atomic E-state index is 12.6. The number of carbonyl (C=O) groups is 2. The van der Waals surface area contributed by atoms with E-state index in [1.807, 2.05) is 4.90 Å². The number of allylic oxidation sites excluding steroid dienone is 2. The highest BCUT2D eigenvalue weighted by Crippen LogP contribution is 2.34. The van der Waals surface area contributed by atoms with Crippen molar-refractivity contribution in [2.45, 2.75) is 44.6 Å². The van der Waals surface area contributed by atoms with Gasteiger partial charge in [-0.1, -0.05) is 6.08 Å². The largest absolute Gasteiger partial charge is 0.493 e. The fourth-order valence-electron chi connectivity index (χ4n) is 3.21. The van der Waals surface area contributed by atoms with Gasteiger partial charge in [-0.2, -0.15) is 0 Å². The number of benzene rings is 1. The van der Waals surface area contributed by atoms with Crippen LogP contribution in [0.1, 0.15) is 48.9 Å². The zero-order valence-corrected chi connectivity index (χ0v) is 15.3. The number of carbonyl (C=O) groups excluding carboxylic acids is 2. The average molecular weight is 359 g/mol. The van der Waals surface area contributed by atoms with E-state index in [0.29, 0.717) is 17.1 Å². The third-order valence-electron chi connectivity index (χ3n) is 4.70. The van der Waals surface area contributed by atoms with E-state index >= 15 is 0 Å². The van der Waals surface area contributed by atoms with Crippen molar-refractivity contribution in [2.75, 3.05) is 20.8 Å². The molecule has 6 nitrogen and oxygen atoms in total. The lowest BCUT2D eigenvalue weighted by Crippen LogP contribution is -2.36. The van der Waals surface area contributed by atoms with Crippen molar-refractivity contribution >= 4 is 11.9 Å². The van der Waals surface area contributed by atoms with E-state index in [2.05, 4.69) is 6.08 Å². The molecule has 1 aromatic rings. The van der Waals surface area contributed by atoms with Crippen LogP contribution in [0.25, 0.3) is 0 Å². The summed E-state index contributed by atoms with van der Waals surface area (Å²) in [6.45, 7) is -0.249. The number of ether oxygens (including phenoxy) is 3. The summed E-state index contributed by atoms with van der Waals surface area (Å²) < 4.78 is 15.6. The quantitative estimate of drug-likeness (QED) is 0.699. The molecular weight excluding hydrogens is 334 g/mol. The summed E-state index contributed by atoms with van der Waals surface area (Å²) in [5.74, 6) is 0.284. The van der Waals surface area contributed by atoms with Gasteiger partial charge in [-0.3, -0.25) is 4.79 Å². The number of methoxy groups -OCH3 is 2. The molecule has 0 bridgehead atoms. The van der Waals surface area contributed by atoms with Crippen LogP contribution in [0.2, 0.25) is 0 Å². The summed E-state index contributed by atoms with van der Waals surface area (Å²) in [6, 6.07) is 5.05. The minimum absolute atomic E-state index is 0.144. The zero-order chi connectivity index (χ0) is 18.5. The van der Waals surface area contributed by atoms with Crippen molar-refractivity contribution in [3.05, 3.63) is 35.5 Å².